The van der Waals surface area contributed by atoms with Gasteiger partial charge in [-0.3, -0.25) is 0 Å². The molecule has 0 aromatic heterocycles. The highest BCUT2D eigenvalue weighted by atomic mass is 31.1. The second-order valence-electron chi connectivity index (χ2n) is 5.48. The average Bonchev–Trinajstić information content (AvgIpc) is 2.28. The fourth-order valence-electron chi connectivity index (χ4n) is 1.06. The SMILES string of the molecule is CC(C)(C)N1C=CN(C(C)(C)C)P1. The van der Waals surface area contributed by atoms with Crippen LogP contribution >= 0.6 is 8.88 Å². The van der Waals surface area contributed by atoms with Crippen LogP contribution in [-0.4, -0.2) is 20.4 Å². The summed E-state index contributed by atoms with van der Waals surface area (Å²) >= 11 is 0. The molecule has 0 spiro atoms. The Morgan fingerprint density at radius 1 is 0.769 bits per heavy atom. The highest BCUT2D eigenvalue weighted by Gasteiger charge is 2.28. The first-order valence-electron chi connectivity index (χ1n) is 4.74. The summed E-state index contributed by atoms with van der Waals surface area (Å²) < 4.78 is 4.77. The maximum atomic E-state index is 2.39. The van der Waals surface area contributed by atoms with Gasteiger partial charge in [0, 0.05) is 23.5 Å². The monoisotopic (exact) mass is 200 g/mol. The third kappa shape index (κ3) is 2.60. The molecule has 1 rings (SSSR count). The Kier molecular flexibility index (Phi) is 2.64. The van der Waals surface area contributed by atoms with Crippen molar-refractivity contribution in [3.05, 3.63) is 12.4 Å². The summed E-state index contributed by atoms with van der Waals surface area (Å²) in [7, 11) is 0.749. The largest absolute Gasteiger partial charge is 0.336 e. The van der Waals surface area contributed by atoms with Crippen molar-refractivity contribution in [2.75, 3.05) is 0 Å². The lowest BCUT2D eigenvalue weighted by atomic mass is 10.1. The first-order chi connectivity index (χ1) is 5.71. The number of rotatable bonds is 0. The third-order valence-corrected chi connectivity index (χ3v) is 4.10. The van der Waals surface area contributed by atoms with Crippen LogP contribution in [-0.2, 0) is 0 Å². The maximum Gasteiger partial charge on any atom is 0.0799 e. The van der Waals surface area contributed by atoms with E-state index in [-0.39, 0.29) is 11.1 Å². The molecule has 1 aliphatic heterocycles. The van der Waals surface area contributed by atoms with Crippen molar-refractivity contribution in [1.29, 1.82) is 0 Å². The van der Waals surface area contributed by atoms with Crippen LogP contribution in [0.15, 0.2) is 12.4 Å². The van der Waals surface area contributed by atoms with Gasteiger partial charge in [0.1, 0.15) is 0 Å². The summed E-state index contributed by atoms with van der Waals surface area (Å²) in [5.41, 5.74) is 0.490. The zero-order valence-corrected chi connectivity index (χ0v) is 10.5. The minimum Gasteiger partial charge on any atom is -0.336 e. The zero-order chi connectivity index (χ0) is 10.3. The standard InChI is InChI=1S/C10H21N2P/c1-9(2,3)11-7-8-12(13-11)10(4,5)6/h7-8,13H,1-6H3. The molecule has 0 atom stereocenters. The van der Waals surface area contributed by atoms with Crippen molar-refractivity contribution >= 4 is 8.88 Å². The van der Waals surface area contributed by atoms with Crippen LogP contribution in [0.5, 0.6) is 0 Å². The predicted molar refractivity (Wildman–Crippen MR) is 60.6 cm³/mol. The molecule has 0 N–H and O–H groups in total. The Morgan fingerprint density at radius 3 is 1.23 bits per heavy atom. The van der Waals surface area contributed by atoms with E-state index in [4.69, 9.17) is 0 Å². The van der Waals surface area contributed by atoms with E-state index < -0.39 is 0 Å². The van der Waals surface area contributed by atoms with E-state index in [1.165, 1.54) is 0 Å². The molecule has 0 aromatic carbocycles. The second kappa shape index (κ2) is 3.16. The molecule has 0 amide bonds. The molecular formula is C10H21N2P. The summed E-state index contributed by atoms with van der Waals surface area (Å²) in [4.78, 5) is 0. The van der Waals surface area contributed by atoms with Crippen LogP contribution in [0.3, 0.4) is 0 Å². The summed E-state index contributed by atoms with van der Waals surface area (Å²) in [5.74, 6) is 0. The normalized spacial score (nSPS) is 18.6. The molecule has 0 unspecified atom stereocenters. The predicted octanol–water partition coefficient (Wildman–Crippen LogP) is 3.18. The van der Waals surface area contributed by atoms with Gasteiger partial charge in [0.25, 0.3) is 0 Å². The Balaban J connectivity index is 2.63. The molecule has 0 bridgehead atoms. The molecule has 13 heavy (non-hydrogen) atoms. The molecular weight excluding hydrogens is 179 g/mol. The van der Waals surface area contributed by atoms with Crippen LogP contribution in [0, 0.1) is 0 Å². The Morgan fingerprint density at radius 2 is 1.08 bits per heavy atom. The van der Waals surface area contributed by atoms with Gasteiger partial charge in [0.15, 0.2) is 0 Å². The zero-order valence-electron chi connectivity index (χ0n) is 9.55. The van der Waals surface area contributed by atoms with E-state index in [1.807, 2.05) is 0 Å². The van der Waals surface area contributed by atoms with E-state index in [0.717, 1.165) is 8.88 Å². The van der Waals surface area contributed by atoms with Crippen molar-refractivity contribution in [2.45, 2.75) is 52.6 Å². The van der Waals surface area contributed by atoms with E-state index >= 15 is 0 Å². The molecule has 0 saturated heterocycles. The van der Waals surface area contributed by atoms with Gasteiger partial charge in [-0.15, -0.1) is 0 Å². The molecule has 0 saturated carbocycles. The van der Waals surface area contributed by atoms with E-state index in [9.17, 15) is 0 Å². The van der Waals surface area contributed by atoms with Gasteiger partial charge >= 0.3 is 0 Å². The van der Waals surface area contributed by atoms with E-state index in [0.29, 0.717) is 0 Å². The summed E-state index contributed by atoms with van der Waals surface area (Å²) in [6.07, 6.45) is 4.40. The fraction of sp³-hybridized carbons (Fsp3) is 0.800. The molecule has 2 nitrogen and oxygen atoms in total. The van der Waals surface area contributed by atoms with Gasteiger partial charge in [-0.25, -0.2) is 0 Å². The summed E-state index contributed by atoms with van der Waals surface area (Å²) in [6.45, 7) is 13.5. The molecule has 0 fully saturated rings. The van der Waals surface area contributed by atoms with Gasteiger partial charge < -0.3 is 9.34 Å². The second-order valence-corrected chi connectivity index (χ2v) is 6.64. The van der Waals surface area contributed by atoms with Gasteiger partial charge in [-0.1, -0.05) is 0 Å². The van der Waals surface area contributed by atoms with Crippen molar-refractivity contribution in [2.24, 2.45) is 0 Å². The van der Waals surface area contributed by atoms with Crippen molar-refractivity contribution < 1.29 is 0 Å². The molecule has 0 radical (unpaired) electrons. The van der Waals surface area contributed by atoms with Gasteiger partial charge in [-0.05, 0) is 41.5 Å². The molecule has 1 heterocycles. The average molecular weight is 200 g/mol. The van der Waals surface area contributed by atoms with Crippen LogP contribution in [0.1, 0.15) is 41.5 Å². The molecule has 1 aliphatic rings. The van der Waals surface area contributed by atoms with Crippen LogP contribution in [0.25, 0.3) is 0 Å². The van der Waals surface area contributed by atoms with Gasteiger partial charge in [0.05, 0.1) is 8.88 Å². The summed E-state index contributed by atoms with van der Waals surface area (Å²) in [6, 6.07) is 0. The van der Waals surface area contributed by atoms with Gasteiger partial charge in [0.2, 0.25) is 0 Å². The molecule has 0 aliphatic carbocycles. The van der Waals surface area contributed by atoms with Crippen LogP contribution < -0.4 is 0 Å². The topological polar surface area (TPSA) is 6.48 Å². The first-order valence-corrected chi connectivity index (χ1v) is 5.64. The number of hydrogen-bond acceptors (Lipinski definition) is 2. The maximum absolute atomic E-state index is 2.39. The highest BCUT2D eigenvalue weighted by Crippen LogP contribution is 2.41. The quantitative estimate of drug-likeness (QED) is 0.554. The molecule has 76 valence electrons. The first kappa shape index (κ1) is 10.8. The van der Waals surface area contributed by atoms with E-state index in [2.05, 4.69) is 63.3 Å². The minimum atomic E-state index is 0.245. The summed E-state index contributed by atoms with van der Waals surface area (Å²) in [5, 5.41) is 0. The van der Waals surface area contributed by atoms with E-state index in [1.54, 1.807) is 0 Å². The van der Waals surface area contributed by atoms with Crippen LogP contribution in [0.4, 0.5) is 0 Å². The Labute approximate surface area is 83.9 Å². The van der Waals surface area contributed by atoms with Crippen molar-refractivity contribution in [1.82, 2.24) is 9.34 Å². The molecule has 3 heteroatoms. The lowest BCUT2D eigenvalue weighted by molar-refractivity contribution is 0.320. The lowest BCUT2D eigenvalue weighted by Gasteiger charge is -2.37. The smallest absolute Gasteiger partial charge is 0.0799 e. The van der Waals surface area contributed by atoms with Crippen molar-refractivity contribution in [3.63, 3.8) is 0 Å². The van der Waals surface area contributed by atoms with Crippen LogP contribution in [0.2, 0.25) is 0 Å². The van der Waals surface area contributed by atoms with Gasteiger partial charge in [-0.2, -0.15) is 0 Å². The minimum absolute atomic E-state index is 0.245. The number of nitrogens with zero attached hydrogens (tertiary/aromatic N) is 2. The Hall–Kier alpha value is -0.230. The van der Waals surface area contributed by atoms with Crippen molar-refractivity contribution in [3.8, 4) is 0 Å². The Bertz CT molecular complexity index is 188. The lowest BCUT2D eigenvalue weighted by Crippen LogP contribution is -2.34. The fourth-order valence-corrected chi connectivity index (χ4v) is 2.16. The highest BCUT2D eigenvalue weighted by molar-refractivity contribution is 7.33. The third-order valence-electron chi connectivity index (χ3n) is 2.03. The number of hydrogen-bond donors (Lipinski definition) is 0. The molecule has 0 aromatic rings.